The second-order valence-corrected chi connectivity index (χ2v) is 7.80. The van der Waals surface area contributed by atoms with Gasteiger partial charge in [-0.15, -0.1) is 5.10 Å². The standard InChI is InChI=1S/C25H24ClN3O4/c1-16(30)24-27-29(19-11-9-18(26)10-12-19)25(17-8-13-22(32-3)23(14-17)33-4)28(24)20-6-5-7-21(15-20)31-2/h5-15,25H,1-4H3. The number of Topliss-reactive ketones (excluding diaryl/α,β-unsaturated/α-hetero) is 1. The highest BCUT2D eigenvalue weighted by atomic mass is 35.5. The van der Waals surface area contributed by atoms with Crippen molar-refractivity contribution in [3.8, 4) is 17.2 Å². The number of ketones is 1. The van der Waals surface area contributed by atoms with Crippen molar-refractivity contribution < 1.29 is 19.0 Å². The first-order chi connectivity index (χ1) is 16.0. The normalized spacial score (nSPS) is 15.3. The molecule has 0 saturated heterocycles. The number of methoxy groups -OCH3 is 3. The lowest BCUT2D eigenvalue weighted by Crippen LogP contribution is -2.37. The summed E-state index contributed by atoms with van der Waals surface area (Å²) in [5, 5.41) is 7.14. The summed E-state index contributed by atoms with van der Waals surface area (Å²) in [5.41, 5.74) is 2.40. The third-order valence-corrected chi connectivity index (χ3v) is 5.60. The number of hydrazone groups is 1. The molecule has 3 aromatic rings. The Hall–Kier alpha value is -3.71. The molecular weight excluding hydrogens is 442 g/mol. The highest BCUT2D eigenvalue weighted by molar-refractivity contribution is 6.44. The number of halogens is 1. The molecule has 4 rings (SSSR count). The highest BCUT2D eigenvalue weighted by Crippen LogP contribution is 2.42. The van der Waals surface area contributed by atoms with Crippen LogP contribution in [-0.2, 0) is 4.79 Å². The van der Waals surface area contributed by atoms with E-state index in [0.29, 0.717) is 28.1 Å². The van der Waals surface area contributed by atoms with Gasteiger partial charge >= 0.3 is 0 Å². The summed E-state index contributed by atoms with van der Waals surface area (Å²) in [7, 11) is 4.78. The van der Waals surface area contributed by atoms with Gasteiger partial charge in [0.05, 0.1) is 27.0 Å². The monoisotopic (exact) mass is 465 g/mol. The Morgan fingerprint density at radius 1 is 0.879 bits per heavy atom. The first-order valence-electron chi connectivity index (χ1n) is 10.3. The van der Waals surface area contributed by atoms with Gasteiger partial charge in [-0.2, -0.15) is 0 Å². The Kier molecular flexibility index (Phi) is 6.42. The molecule has 1 aliphatic heterocycles. The summed E-state index contributed by atoms with van der Waals surface area (Å²) in [6.07, 6.45) is -0.475. The Labute approximate surface area is 197 Å². The number of amidine groups is 1. The smallest absolute Gasteiger partial charge is 0.198 e. The van der Waals surface area contributed by atoms with E-state index in [4.69, 9.17) is 30.9 Å². The van der Waals surface area contributed by atoms with Crippen molar-refractivity contribution in [2.45, 2.75) is 13.1 Å². The fourth-order valence-corrected chi connectivity index (χ4v) is 3.92. The molecule has 0 amide bonds. The molecule has 1 atom stereocenters. The van der Waals surface area contributed by atoms with E-state index in [1.54, 1.807) is 38.5 Å². The first kappa shape index (κ1) is 22.5. The van der Waals surface area contributed by atoms with Gasteiger partial charge in [0, 0.05) is 29.3 Å². The van der Waals surface area contributed by atoms with Gasteiger partial charge in [0.15, 0.2) is 29.3 Å². The van der Waals surface area contributed by atoms with Crippen molar-refractivity contribution in [3.63, 3.8) is 0 Å². The van der Waals surface area contributed by atoms with Crippen molar-refractivity contribution in [1.29, 1.82) is 0 Å². The van der Waals surface area contributed by atoms with Gasteiger partial charge < -0.3 is 14.2 Å². The van der Waals surface area contributed by atoms with Crippen molar-refractivity contribution in [2.75, 3.05) is 31.2 Å². The zero-order chi connectivity index (χ0) is 23.5. The van der Waals surface area contributed by atoms with Crippen LogP contribution in [0.4, 0.5) is 11.4 Å². The second kappa shape index (κ2) is 9.42. The SMILES string of the molecule is COc1cccc(N2C(C(C)=O)=NN(c3ccc(Cl)cc3)C2c2ccc(OC)c(OC)c2)c1. The Bertz CT molecular complexity index is 1200. The molecule has 3 aromatic carbocycles. The molecule has 33 heavy (non-hydrogen) atoms. The van der Waals surface area contributed by atoms with E-state index in [1.807, 2.05) is 59.5 Å². The minimum atomic E-state index is -0.475. The molecule has 7 nitrogen and oxygen atoms in total. The maximum atomic E-state index is 12.7. The molecule has 1 heterocycles. The van der Waals surface area contributed by atoms with Crippen LogP contribution >= 0.6 is 11.6 Å². The van der Waals surface area contributed by atoms with Crippen molar-refractivity contribution in [3.05, 3.63) is 77.3 Å². The summed E-state index contributed by atoms with van der Waals surface area (Å²) < 4.78 is 16.4. The highest BCUT2D eigenvalue weighted by Gasteiger charge is 2.39. The molecule has 0 aliphatic carbocycles. The molecule has 0 spiro atoms. The number of nitrogens with zero attached hydrogens (tertiary/aromatic N) is 3. The minimum Gasteiger partial charge on any atom is -0.497 e. The summed E-state index contributed by atoms with van der Waals surface area (Å²) in [4.78, 5) is 14.6. The number of carbonyl (C=O) groups excluding carboxylic acids is 1. The predicted octanol–water partition coefficient (Wildman–Crippen LogP) is 5.29. The minimum absolute atomic E-state index is 0.167. The number of hydrogen-bond donors (Lipinski definition) is 0. The number of hydrogen-bond acceptors (Lipinski definition) is 7. The fraction of sp³-hybridized carbons (Fsp3) is 0.200. The molecule has 0 saturated carbocycles. The summed E-state index contributed by atoms with van der Waals surface area (Å²) in [6.45, 7) is 1.50. The number of rotatable bonds is 7. The maximum absolute atomic E-state index is 12.7. The van der Waals surface area contributed by atoms with E-state index in [-0.39, 0.29) is 5.78 Å². The molecule has 0 aromatic heterocycles. The average molecular weight is 466 g/mol. The van der Waals surface area contributed by atoms with Crippen LogP contribution in [0.25, 0.3) is 0 Å². The van der Waals surface area contributed by atoms with Crippen LogP contribution in [-0.4, -0.2) is 32.9 Å². The van der Waals surface area contributed by atoms with Crippen molar-refractivity contribution in [1.82, 2.24) is 0 Å². The lowest BCUT2D eigenvalue weighted by Gasteiger charge is -2.32. The van der Waals surface area contributed by atoms with Crippen LogP contribution in [0.1, 0.15) is 18.7 Å². The van der Waals surface area contributed by atoms with E-state index in [9.17, 15) is 4.79 Å². The second-order valence-electron chi connectivity index (χ2n) is 7.36. The van der Waals surface area contributed by atoms with E-state index < -0.39 is 6.17 Å². The summed E-state index contributed by atoms with van der Waals surface area (Å²) in [5.74, 6) is 2.00. The van der Waals surface area contributed by atoms with Crippen molar-refractivity contribution in [2.24, 2.45) is 5.10 Å². The van der Waals surface area contributed by atoms with Crippen LogP contribution in [0, 0.1) is 0 Å². The Balaban J connectivity index is 1.92. The average Bonchev–Trinajstić information content (AvgIpc) is 3.25. The fourth-order valence-electron chi connectivity index (χ4n) is 3.79. The van der Waals surface area contributed by atoms with Crippen molar-refractivity contribution >= 4 is 34.6 Å². The topological polar surface area (TPSA) is 63.6 Å². The van der Waals surface area contributed by atoms with Gasteiger partial charge in [-0.05, 0) is 48.5 Å². The molecule has 170 valence electrons. The predicted molar refractivity (Wildman–Crippen MR) is 130 cm³/mol. The maximum Gasteiger partial charge on any atom is 0.198 e. The zero-order valence-electron chi connectivity index (χ0n) is 18.8. The molecule has 0 fully saturated rings. The molecule has 0 N–H and O–H groups in total. The van der Waals surface area contributed by atoms with Crippen LogP contribution < -0.4 is 24.1 Å². The van der Waals surface area contributed by atoms with Gasteiger partial charge in [0.2, 0.25) is 0 Å². The molecule has 1 unspecified atom stereocenters. The van der Waals surface area contributed by atoms with Crippen LogP contribution in [0.3, 0.4) is 0 Å². The molecular formula is C25H24ClN3O4. The molecule has 0 bridgehead atoms. The largest absolute Gasteiger partial charge is 0.497 e. The van der Waals surface area contributed by atoms with Crippen LogP contribution in [0.15, 0.2) is 71.8 Å². The Morgan fingerprint density at radius 2 is 1.61 bits per heavy atom. The van der Waals surface area contributed by atoms with Gasteiger partial charge in [-0.25, -0.2) is 5.01 Å². The van der Waals surface area contributed by atoms with Gasteiger partial charge in [0.25, 0.3) is 0 Å². The third kappa shape index (κ3) is 4.32. The quantitative estimate of drug-likeness (QED) is 0.472. The number of anilines is 2. The summed E-state index contributed by atoms with van der Waals surface area (Å²) in [6, 6.07) is 20.5. The lowest BCUT2D eigenvalue weighted by atomic mass is 10.1. The molecule has 0 radical (unpaired) electrons. The van der Waals surface area contributed by atoms with Gasteiger partial charge in [-0.1, -0.05) is 23.7 Å². The molecule has 1 aliphatic rings. The van der Waals surface area contributed by atoms with E-state index in [2.05, 4.69) is 0 Å². The molecule has 8 heteroatoms. The lowest BCUT2D eigenvalue weighted by molar-refractivity contribution is -0.111. The van der Waals surface area contributed by atoms with Crippen LogP contribution in [0.5, 0.6) is 17.2 Å². The third-order valence-electron chi connectivity index (χ3n) is 5.35. The number of carbonyl (C=O) groups is 1. The van der Waals surface area contributed by atoms with E-state index in [0.717, 1.165) is 16.9 Å². The van der Waals surface area contributed by atoms with E-state index in [1.165, 1.54) is 6.92 Å². The number of benzene rings is 3. The summed E-state index contributed by atoms with van der Waals surface area (Å²) >= 11 is 6.12. The Morgan fingerprint density at radius 3 is 2.24 bits per heavy atom. The number of ether oxygens (including phenoxy) is 3. The van der Waals surface area contributed by atoms with Gasteiger partial charge in [0.1, 0.15) is 5.75 Å². The van der Waals surface area contributed by atoms with Gasteiger partial charge in [-0.3, -0.25) is 9.69 Å². The first-order valence-corrected chi connectivity index (χ1v) is 10.6. The van der Waals surface area contributed by atoms with Crippen LogP contribution in [0.2, 0.25) is 5.02 Å². The van der Waals surface area contributed by atoms with E-state index >= 15 is 0 Å². The zero-order valence-corrected chi connectivity index (χ0v) is 19.5.